The van der Waals surface area contributed by atoms with E-state index in [-0.39, 0.29) is 11.7 Å². The van der Waals surface area contributed by atoms with Gasteiger partial charge in [0.25, 0.3) is 0 Å². The van der Waals surface area contributed by atoms with Gasteiger partial charge in [-0.05, 0) is 40.1 Å². The van der Waals surface area contributed by atoms with Gasteiger partial charge in [-0.1, -0.05) is 42.5 Å². The lowest BCUT2D eigenvalue weighted by atomic mass is 10.1. The van der Waals surface area contributed by atoms with E-state index in [2.05, 4.69) is 20.8 Å². The van der Waals surface area contributed by atoms with Crippen LogP contribution < -0.4 is 5.32 Å². The van der Waals surface area contributed by atoms with E-state index >= 15 is 0 Å². The molecule has 0 fully saturated rings. The van der Waals surface area contributed by atoms with E-state index in [0.29, 0.717) is 19.4 Å². The first kappa shape index (κ1) is 16.8. The Morgan fingerprint density at radius 1 is 1.08 bits per heavy atom. The van der Waals surface area contributed by atoms with Crippen LogP contribution in [0.5, 0.6) is 0 Å². The van der Waals surface area contributed by atoms with Crippen LogP contribution in [0.1, 0.15) is 17.2 Å². The minimum Gasteiger partial charge on any atom is -0.354 e. The van der Waals surface area contributed by atoms with E-state index in [9.17, 15) is 9.18 Å². The van der Waals surface area contributed by atoms with Gasteiger partial charge in [-0.15, -0.1) is 5.10 Å². The molecule has 0 saturated carbocycles. The molecule has 0 radical (unpaired) electrons. The van der Waals surface area contributed by atoms with Gasteiger partial charge in [0.1, 0.15) is 18.2 Å². The van der Waals surface area contributed by atoms with Crippen molar-refractivity contribution in [2.45, 2.75) is 18.9 Å². The third-order valence-electron chi connectivity index (χ3n) is 3.88. The Bertz CT molecular complexity index is 790. The second-order valence-corrected chi connectivity index (χ2v) is 5.66. The standard InChI is InChI=1S/C18H18FN5O/c19-16-8-6-14(7-9-16)10-11-20-18(25)17(24-13-21-22-23-24)12-15-4-2-1-3-5-15/h1-9,13,17H,10-12H2,(H,20,25). The molecule has 1 N–H and O–H groups in total. The Balaban J connectivity index is 1.62. The number of hydrogen-bond acceptors (Lipinski definition) is 4. The molecule has 0 spiro atoms. The van der Waals surface area contributed by atoms with E-state index < -0.39 is 6.04 Å². The van der Waals surface area contributed by atoms with E-state index in [1.54, 1.807) is 12.1 Å². The summed E-state index contributed by atoms with van der Waals surface area (Å²) in [6.07, 6.45) is 2.56. The molecule has 1 atom stereocenters. The molecule has 6 nitrogen and oxygen atoms in total. The molecule has 3 aromatic rings. The van der Waals surface area contributed by atoms with Crippen molar-refractivity contribution in [1.82, 2.24) is 25.5 Å². The lowest BCUT2D eigenvalue weighted by molar-refractivity contribution is -0.124. The number of nitrogens with zero attached hydrogens (tertiary/aromatic N) is 4. The molecule has 2 aromatic carbocycles. The fourth-order valence-electron chi connectivity index (χ4n) is 2.55. The maximum absolute atomic E-state index is 12.9. The molecule has 1 unspecified atom stereocenters. The maximum Gasteiger partial charge on any atom is 0.245 e. The average molecular weight is 339 g/mol. The van der Waals surface area contributed by atoms with Crippen molar-refractivity contribution in [1.29, 1.82) is 0 Å². The molecule has 7 heteroatoms. The number of halogens is 1. The SMILES string of the molecule is O=C(NCCc1ccc(F)cc1)C(Cc1ccccc1)n1cnnn1. The summed E-state index contributed by atoms with van der Waals surface area (Å²) in [5, 5.41) is 14.0. The molecule has 128 valence electrons. The predicted molar refractivity (Wildman–Crippen MR) is 90.1 cm³/mol. The van der Waals surface area contributed by atoms with Crippen LogP contribution >= 0.6 is 0 Å². The van der Waals surface area contributed by atoms with E-state index in [1.165, 1.54) is 23.1 Å². The van der Waals surface area contributed by atoms with Crippen LogP contribution in [0.2, 0.25) is 0 Å². The number of aromatic nitrogens is 4. The summed E-state index contributed by atoms with van der Waals surface area (Å²) >= 11 is 0. The zero-order chi connectivity index (χ0) is 17.5. The molecule has 0 aliphatic rings. The van der Waals surface area contributed by atoms with Crippen molar-refractivity contribution < 1.29 is 9.18 Å². The quantitative estimate of drug-likeness (QED) is 0.714. The number of hydrogen-bond donors (Lipinski definition) is 1. The van der Waals surface area contributed by atoms with Crippen LogP contribution in [0.4, 0.5) is 4.39 Å². The van der Waals surface area contributed by atoms with E-state index in [0.717, 1.165) is 11.1 Å². The fourth-order valence-corrected chi connectivity index (χ4v) is 2.55. The van der Waals surface area contributed by atoms with Crippen LogP contribution in [0.15, 0.2) is 60.9 Å². The molecule has 1 amide bonds. The van der Waals surface area contributed by atoms with Crippen molar-refractivity contribution in [3.8, 4) is 0 Å². The van der Waals surface area contributed by atoms with Gasteiger partial charge in [0.2, 0.25) is 5.91 Å². The van der Waals surface area contributed by atoms with Crippen molar-refractivity contribution in [2.24, 2.45) is 0 Å². The van der Waals surface area contributed by atoms with Crippen LogP contribution in [0.25, 0.3) is 0 Å². The summed E-state index contributed by atoms with van der Waals surface area (Å²) in [6.45, 7) is 0.456. The molecule has 1 aromatic heterocycles. The molecule has 25 heavy (non-hydrogen) atoms. The first-order valence-corrected chi connectivity index (χ1v) is 8.01. The fraction of sp³-hybridized carbons (Fsp3) is 0.222. The van der Waals surface area contributed by atoms with Crippen LogP contribution in [-0.4, -0.2) is 32.7 Å². The van der Waals surface area contributed by atoms with Gasteiger partial charge in [0, 0.05) is 13.0 Å². The summed E-state index contributed by atoms with van der Waals surface area (Å²) in [6, 6.07) is 15.4. The monoisotopic (exact) mass is 339 g/mol. The van der Waals surface area contributed by atoms with Crippen LogP contribution in [0.3, 0.4) is 0 Å². The summed E-state index contributed by atoms with van der Waals surface area (Å²) in [5.74, 6) is -0.423. The van der Waals surface area contributed by atoms with E-state index in [1.807, 2.05) is 30.3 Å². The second kappa shape index (κ2) is 8.14. The van der Waals surface area contributed by atoms with Gasteiger partial charge < -0.3 is 5.32 Å². The molecule has 0 bridgehead atoms. The molecule has 3 rings (SSSR count). The lowest BCUT2D eigenvalue weighted by Crippen LogP contribution is -2.35. The topological polar surface area (TPSA) is 72.7 Å². The molecular weight excluding hydrogens is 321 g/mol. The van der Waals surface area contributed by atoms with Gasteiger partial charge in [0.05, 0.1) is 0 Å². The lowest BCUT2D eigenvalue weighted by Gasteiger charge is -2.16. The van der Waals surface area contributed by atoms with Crippen LogP contribution in [0, 0.1) is 5.82 Å². The number of carbonyl (C=O) groups is 1. The van der Waals surface area contributed by atoms with Crippen molar-refractivity contribution in [3.63, 3.8) is 0 Å². The number of benzene rings is 2. The van der Waals surface area contributed by atoms with E-state index in [4.69, 9.17) is 0 Å². The Hall–Kier alpha value is -3.09. The van der Waals surface area contributed by atoms with Gasteiger partial charge >= 0.3 is 0 Å². The third kappa shape index (κ3) is 4.69. The maximum atomic E-state index is 12.9. The zero-order valence-electron chi connectivity index (χ0n) is 13.5. The number of amides is 1. The highest BCUT2D eigenvalue weighted by molar-refractivity contribution is 5.80. The first-order valence-electron chi connectivity index (χ1n) is 8.01. The van der Waals surface area contributed by atoms with Gasteiger partial charge in [-0.3, -0.25) is 4.79 Å². The van der Waals surface area contributed by atoms with Crippen molar-refractivity contribution >= 4 is 5.91 Å². The molecule has 0 saturated heterocycles. The summed E-state index contributed by atoms with van der Waals surface area (Å²) in [7, 11) is 0. The van der Waals surface area contributed by atoms with Gasteiger partial charge in [-0.25, -0.2) is 9.07 Å². The molecular formula is C18H18FN5O. The Morgan fingerprint density at radius 2 is 1.84 bits per heavy atom. The molecule has 0 aliphatic carbocycles. The third-order valence-corrected chi connectivity index (χ3v) is 3.88. The minimum atomic E-state index is -0.523. The predicted octanol–water partition coefficient (Wildman–Crippen LogP) is 1.95. The Morgan fingerprint density at radius 3 is 2.52 bits per heavy atom. The molecule has 0 aliphatic heterocycles. The zero-order valence-corrected chi connectivity index (χ0v) is 13.5. The highest BCUT2D eigenvalue weighted by Crippen LogP contribution is 2.13. The smallest absolute Gasteiger partial charge is 0.245 e. The average Bonchev–Trinajstić information content (AvgIpc) is 3.16. The summed E-state index contributed by atoms with van der Waals surface area (Å²) < 4.78 is 14.4. The van der Waals surface area contributed by atoms with Gasteiger partial charge in [0.15, 0.2) is 0 Å². The number of tetrazole rings is 1. The molecule has 1 heterocycles. The van der Waals surface area contributed by atoms with Crippen LogP contribution in [-0.2, 0) is 17.6 Å². The second-order valence-electron chi connectivity index (χ2n) is 5.66. The van der Waals surface area contributed by atoms with Crippen molar-refractivity contribution in [2.75, 3.05) is 6.54 Å². The van der Waals surface area contributed by atoms with Gasteiger partial charge in [-0.2, -0.15) is 0 Å². The largest absolute Gasteiger partial charge is 0.354 e. The number of rotatable bonds is 7. The minimum absolute atomic E-state index is 0.154. The highest BCUT2D eigenvalue weighted by Gasteiger charge is 2.21. The van der Waals surface area contributed by atoms with Crippen molar-refractivity contribution in [3.05, 3.63) is 77.9 Å². The first-order chi connectivity index (χ1) is 12.2. The number of nitrogens with one attached hydrogen (secondary N) is 1. The normalized spacial score (nSPS) is 11.9. The summed E-state index contributed by atoms with van der Waals surface area (Å²) in [5.41, 5.74) is 1.99. The highest BCUT2D eigenvalue weighted by atomic mass is 19.1. The Kier molecular flexibility index (Phi) is 5.46. The Labute approximate surface area is 144 Å². The summed E-state index contributed by atoms with van der Waals surface area (Å²) in [4.78, 5) is 12.6. The number of carbonyl (C=O) groups excluding carboxylic acids is 1.